The second-order valence-electron chi connectivity index (χ2n) is 6.08. The maximum absolute atomic E-state index is 11.3. The molecule has 0 unspecified atom stereocenters. The Bertz CT molecular complexity index is 491. The number of rotatable bonds is 4. The van der Waals surface area contributed by atoms with E-state index in [1.165, 1.54) is 0 Å². The highest BCUT2D eigenvalue weighted by atomic mass is 16.7. The number of amides is 1. The van der Waals surface area contributed by atoms with Gasteiger partial charge in [-0.25, -0.2) is 4.79 Å². The average Bonchev–Trinajstić information content (AvgIpc) is 2.97. The third-order valence-electron chi connectivity index (χ3n) is 4.48. The average molecular weight is 367 g/mol. The Balaban J connectivity index is 1.74. The quantitative estimate of drug-likeness (QED) is 0.253. The summed E-state index contributed by atoms with van der Waals surface area (Å²) in [7, 11) is 0. The molecule has 0 aromatic heterocycles. The van der Waals surface area contributed by atoms with Gasteiger partial charge in [-0.2, -0.15) is 0 Å². The molecule has 0 aromatic carbocycles. The Labute approximate surface area is 141 Å². The fourth-order valence-corrected chi connectivity index (χ4v) is 3.10. The summed E-state index contributed by atoms with van der Waals surface area (Å²) in [5.74, 6) is 0. The minimum atomic E-state index is -1.69. The molecule has 12 heteroatoms. The van der Waals surface area contributed by atoms with E-state index in [4.69, 9.17) is 18.9 Å². The highest BCUT2D eigenvalue weighted by Crippen LogP contribution is 2.31. The summed E-state index contributed by atoms with van der Waals surface area (Å²) in [6.07, 6.45) is -14.3. The molecule has 0 saturated carbocycles. The largest absolute Gasteiger partial charge is 0.438 e. The van der Waals surface area contributed by atoms with Crippen molar-refractivity contribution in [2.75, 3.05) is 13.2 Å². The summed E-state index contributed by atoms with van der Waals surface area (Å²) in [4.78, 5) is 11.3. The van der Waals surface area contributed by atoms with Crippen molar-refractivity contribution < 1.29 is 54.4 Å². The van der Waals surface area contributed by atoms with Crippen molar-refractivity contribution in [3.05, 3.63) is 0 Å². The standard InChI is InChI=1S/C13H21NO11/c15-1-3-5(17)6(18)7(19)12(23-3)24-9-4(2-16)22-11-10(8(9)20)25-13(21)14-11/h3-12,15-20H,1-2H2,(H,14,21)/t3-,4-,5+,6+,7-,8+,9-,10-,11-,12+/m1/s1. The number of carbonyl (C=O) groups is 1. The van der Waals surface area contributed by atoms with Gasteiger partial charge in [0.05, 0.1) is 13.2 Å². The molecule has 25 heavy (non-hydrogen) atoms. The first-order valence-corrected chi connectivity index (χ1v) is 7.75. The summed E-state index contributed by atoms with van der Waals surface area (Å²) >= 11 is 0. The first-order chi connectivity index (χ1) is 11.9. The smallest absolute Gasteiger partial charge is 0.409 e. The lowest BCUT2D eigenvalue weighted by Gasteiger charge is -2.45. The van der Waals surface area contributed by atoms with Gasteiger partial charge < -0.3 is 49.6 Å². The lowest BCUT2D eigenvalue weighted by atomic mass is 9.96. The van der Waals surface area contributed by atoms with Crippen LogP contribution in [0.4, 0.5) is 4.79 Å². The second kappa shape index (κ2) is 7.26. The molecule has 12 nitrogen and oxygen atoms in total. The van der Waals surface area contributed by atoms with Gasteiger partial charge >= 0.3 is 6.09 Å². The zero-order chi connectivity index (χ0) is 18.3. The lowest BCUT2D eigenvalue weighted by molar-refractivity contribution is -0.339. The van der Waals surface area contributed by atoms with Crippen LogP contribution in [0.25, 0.3) is 0 Å². The van der Waals surface area contributed by atoms with Crippen LogP contribution in [0.3, 0.4) is 0 Å². The predicted octanol–water partition coefficient (Wildman–Crippen LogP) is -4.64. The number of fused-ring (bicyclic) bond motifs is 1. The molecular formula is C13H21NO11. The van der Waals surface area contributed by atoms with Crippen LogP contribution in [0.2, 0.25) is 0 Å². The minimum absolute atomic E-state index is 0.585. The molecular weight excluding hydrogens is 346 g/mol. The number of ether oxygens (including phenoxy) is 4. The van der Waals surface area contributed by atoms with Crippen molar-refractivity contribution in [1.29, 1.82) is 0 Å². The Hall–Kier alpha value is -1.09. The fraction of sp³-hybridized carbons (Fsp3) is 0.923. The van der Waals surface area contributed by atoms with Gasteiger partial charge in [0.15, 0.2) is 18.6 Å². The van der Waals surface area contributed by atoms with Crippen LogP contribution >= 0.6 is 0 Å². The third-order valence-corrected chi connectivity index (χ3v) is 4.48. The SMILES string of the molecule is O=C1N[C@@H]2O[C@H](CO)[C@@H](O[C@@H]3O[C@H](CO)[C@H](O)[C@H](O)[C@H]3O)[C@H](O)[C@H]2O1. The zero-order valence-corrected chi connectivity index (χ0v) is 12.9. The van der Waals surface area contributed by atoms with E-state index in [0.717, 1.165) is 0 Å². The Kier molecular flexibility index (Phi) is 5.43. The molecule has 10 atom stereocenters. The number of nitrogens with one attached hydrogen (secondary N) is 1. The van der Waals surface area contributed by atoms with E-state index in [-0.39, 0.29) is 0 Å². The molecule has 7 N–H and O–H groups in total. The van der Waals surface area contributed by atoms with E-state index >= 15 is 0 Å². The van der Waals surface area contributed by atoms with Crippen LogP contribution in [0.1, 0.15) is 0 Å². The molecule has 3 rings (SSSR count). The van der Waals surface area contributed by atoms with Crippen LogP contribution in [-0.2, 0) is 18.9 Å². The van der Waals surface area contributed by atoms with Crippen molar-refractivity contribution in [2.45, 2.75) is 61.3 Å². The molecule has 0 bridgehead atoms. The second-order valence-corrected chi connectivity index (χ2v) is 6.08. The van der Waals surface area contributed by atoms with E-state index in [2.05, 4.69) is 5.32 Å². The van der Waals surface area contributed by atoms with Gasteiger partial charge in [0.2, 0.25) is 0 Å². The first-order valence-electron chi connectivity index (χ1n) is 7.75. The summed E-state index contributed by atoms with van der Waals surface area (Å²) in [5.41, 5.74) is 0. The molecule has 3 aliphatic rings. The summed E-state index contributed by atoms with van der Waals surface area (Å²) in [5, 5.41) is 60.9. The predicted molar refractivity (Wildman–Crippen MR) is 73.8 cm³/mol. The number of carbonyl (C=O) groups excluding carboxylic acids is 1. The molecule has 0 spiro atoms. The molecule has 0 aromatic rings. The molecule has 3 fully saturated rings. The van der Waals surface area contributed by atoms with Gasteiger partial charge in [0, 0.05) is 0 Å². The molecule has 0 radical (unpaired) electrons. The van der Waals surface area contributed by atoms with Gasteiger partial charge in [-0.3, -0.25) is 5.32 Å². The lowest BCUT2D eigenvalue weighted by Crippen LogP contribution is -2.64. The summed E-state index contributed by atoms with van der Waals surface area (Å²) in [6.45, 7) is -1.23. The van der Waals surface area contributed by atoms with Gasteiger partial charge in [-0.1, -0.05) is 0 Å². The Morgan fingerprint density at radius 1 is 0.920 bits per heavy atom. The molecule has 3 heterocycles. The van der Waals surface area contributed by atoms with Crippen LogP contribution in [0.5, 0.6) is 0 Å². The van der Waals surface area contributed by atoms with Crippen molar-refractivity contribution in [3.8, 4) is 0 Å². The van der Waals surface area contributed by atoms with Crippen LogP contribution in [0, 0.1) is 0 Å². The minimum Gasteiger partial charge on any atom is -0.438 e. The van der Waals surface area contributed by atoms with Gasteiger partial charge in [0.1, 0.15) is 42.7 Å². The van der Waals surface area contributed by atoms with Crippen molar-refractivity contribution in [2.24, 2.45) is 0 Å². The molecule has 144 valence electrons. The van der Waals surface area contributed by atoms with E-state index in [0.29, 0.717) is 0 Å². The van der Waals surface area contributed by atoms with Crippen LogP contribution in [0.15, 0.2) is 0 Å². The van der Waals surface area contributed by atoms with E-state index in [9.17, 15) is 35.4 Å². The Morgan fingerprint density at radius 2 is 1.60 bits per heavy atom. The molecule has 3 aliphatic heterocycles. The summed E-state index contributed by atoms with van der Waals surface area (Å²) < 4.78 is 20.9. The number of alkyl carbamates (subject to hydrolysis) is 1. The number of aliphatic hydroxyl groups excluding tert-OH is 6. The number of hydrogen-bond donors (Lipinski definition) is 7. The molecule has 1 amide bonds. The van der Waals surface area contributed by atoms with Gasteiger partial charge in [-0.15, -0.1) is 0 Å². The summed E-state index contributed by atoms with van der Waals surface area (Å²) in [6, 6.07) is 0. The maximum Gasteiger partial charge on any atom is 0.409 e. The van der Waals surface area contributed by atoms with Gasteiger partial charge in [0.25, 0.3) is 0 Å². The number of aliphatic hydroxyl groups is 6. The van der Waals surface area contributed by atoms with E-state index < -0.39 is 80.7 Å². The highest BCUT2D eigenvalue weighted by Gasteiger charge is 2.54. The topological polar surface area (TPSA) is 187 Å². The Morgan fingerprint density at radius 3 is 2.24 bits per heavy atom. The van der Waals surface area contributed by atoms with Crippen LogP contribution < -0.4 is 5.32 Å². The molecule has 3 saturated heterocycles. The fourth-order valence-electron chi connectivity index (χ4n) is 3.10. The van der Waals surface area contributed by atoms with Crippen LogP contribution in [-0.4, -0.2) is 111 Å². The molecule has 0 aliphatic carbocycles. The van der Waals surface area contributed by atoms with Gasteiger partial charge in [-0.05, 0) is 0 Å². The first kappa shape index (κ1) is 18.7. The zero-order valence-electron chi connectivity index (χ0n) is 12.9. The van der Waals surface area contributed by atoms with E-state index in [1.807, 2.05) is 0 Å². The highest BCUT2D eigenvalue weighted by molar-refractivity contribution is 5.70. The van der Waals surface area contributed by atoms with Crippen molar-refractivity contribution >= 4 is 6.09 Å². The third kappa shape index (κ3) is 3.32. The van der Waals surface area contributed by atoms with E-state index in [1.54, 1.807) is 0 Å². The normalized spacial score (nSPS) is 50.1. The monoisotopic (exact) mass is 367 g/mol. The number of hydrogen-bond acceptors (Lipinski definition) is 11. The van der Waals surface area contributed by atoms with Crippen molar-refractivity contribution in [1.82, 2.24) is 5.32 Å². The van der Waals surface area contributed by atoms with Crippen molar-refractivity contribution in [3.63, 3.8) is 0 Å². The maximum atomic E-state index is 11.3.